The first kappa shape index (κ1) is 19.3. The van der Waals surface area contributed by atoms with Crippen LogP contribution in [0.3, 0.4) is 0 Å². The smallest absolute Gasteiger partial charge is 0.327 e. The standard InChI is InChI=1S/C21H25F3N4/c1-13-7-15(11-25)8-16(27-13)6-5-14-9-18(21(22,23)24)20-19(10-14)26-12-28(20)17-3-2-4-17/h9-10,12-13,15-17,27H,2-8H2,1H3. The highest BCUT2D eigenvalue weighted by molar-refractivity contribution is 5.81. The molecule has 2 fully saturated rings. The van der Waals surface area contributed by atoms with Gasteiger partial charge in [-0.1, -0.05) is 0 Å². The van der Waals surface area contributed by atoms with Gasteiger partial charge in [-0.25, -0.2) is 4.98 Å². The lowest BCUT2D eigenvalue weighted by Crippen LogP contribution is -2.43. The van der Waals surface area contributed by atoms with Crippen LogP contribution >= 0.6 is 0 Å². The van der Waals surface area contributed by atoms with Gasteiger partial charge in [0, 0.05) is 24.0 Å². The maximum Gasteiger partial charge on any atom is 0.418 e. The molecule has 1 aromatic carbocycles. The zero-order valence-electron chi connectivity index (χ0n) is 16.0. The van der Waals surface area contributed by atoms with Crippen LogP contribution in [0.5, 0.6) is 0 Å². The van der Waals surface area contributed by atoms with Crippen LogP contribution in [0, 0.1) is 17.2 Å². The number of fused-ring (bicyclic) bond motifs is 1. The van der Waals surface area contributed by atoms with E-state index in [0.29, 0.717) is 23.9 Å². The number of nitrogens with zero attached hydrogens (tertiary/aromatic N) is 3. The van der Waals surface area contributed by atoms with Gasteiger partial charge >= 0.3 is 6.18 Å². The molecule has 7 heteroatoms. The minimum Gasteiger partial charge on any atom is -0.327 e. The third-order valence-electron chi connectivity index (χ3n) is 6.19. The molecule has 1 saturated heterocycles. The van der Waals surface area contributed by atoms with Crippen LogP contribution in [0.15, 0.2) is 18.5 Å². The van der Waals surface area contributed by atoms with E-state index in [-0.39, 0.29) is 29.6 Å². The number of hydrogen-bond acceptors (Lipinski definition) is 3. The Hall–Kier alpha value is -2.07. The van der Waals surface area contributed by atoms with Crippen molar-refractivity contribution >= 4 is 11.0 Å². The molecular weight excluding hydrogens is 365 g/mol. The molecule has 2 heterocycles. The summed E-state index contributed by atoms with van der Waals surface area (Å²) in [4.78, 5) is 4.29. The SMILES string of the molecule is CC1CC(C#N)CC(CCc2cc(C(F)(F)F)c3c(c2)ncn3C2CCC2)N1. The van der Waals surface area contributed by atoms with Gasteiger partial charge in [-0.15, -0.1) is 0 Å². The Morgan fingerprint density at radius 3 is 2.71 bits per heavy atom. The van der Waals surface area contributed by atoms with Gasteiger partial charge in [0.1, 0.15) is 0 Å². The molecular formula is C21H25F3N4. The Kier molecular flexibility index (Phi) is 5.09. The molecule has 2 aromatic rings. The highest BCUT2D eigenvalue weighted by Gasteiger charge is 2.36. The van der Waals surface area contributed by atoms with E-state index < -0.39 is 11.7 Å². The molecule has 150 valence electrons. The molecule has 4 rings (SSSR count). The van der Waals surface area contributed by atoms with Gasteiger partial charge in [-0.3, -0.25) is 0 Å². The number of nitrogens with one attached hydrogen (secondary N) is 1. The summed E-state index contributed by atoms with van der Waals surface area (Å²) < 4.78 is 43.1. The molecule has 1 aliphatic carbocycles. The first-order chi connectivity index (χ1) is 13.3. The van der Waals surface area contributed by atoms with E-state index in [0.717, 1.165) is 32.1 Å². The van der Waals surface area contributed by atoms with Crippen LogP contribution in [0.4, 0.5) is 13.2 Å². The third kappa shape index (κ3) is 3.75. The third-order valence-corrected chi connectivity index (χ3v) is 6.19. The molecule has 28 heavy (non-hydrogen) atoms. The van der Waals surface area contributed by atoms with Crippen molar-refractivity contribution in [1.29, 1.82) is 5.26 Å². The van der Waals surface area contributed by atoms with Gasteiger partial charge in [0.2, 0.25) is 0 Å². The quantitative estimate of drug-likeness (QED) is 0.800. The number of rotatable bonds is 4. The van der Waals surface area contributed by atoms with Crippen molar-refractivity contribution in [2.75, 3.05) is 0 Å². The Labute approximate surface area is 162 Å². The molecule has 2 aliphatic rings. The molecule has 0 amide bonds. The van der Waals surface area contributed by atoms with Crippen molar-refractivity contribution in [2.24, 2.45) is 5.92 Å². The predicted octanol–water partition coefficient (Wildman–Crippen LogP) is 4.99. The number of piperidine rings is 1. The topological polar surface area (TPSA) is 53.6 Å². The van der Waals surface area contributed by atoms with Crippen molar-refractivity contribution in [2.45, 2.75) is 76.2 Å². The highest BCUT2D eigenvalue weighted by Crippen LogP contribution is 2.40. The van der Waals surface area contributed by atoms with Crippen molar-refractivity contribution in [1.82, 2.24) is 14.9 Å². The lowest BCUT2D eigenvalue weighted by molar-refractivity contribution is -0.136. The van der Waals surface area contributed by atoms with Gasteiger partial charge in [-0.05, 0) is 69.6 Å². The fourth-order valence-electron chi connectivity index (χ4n) is 4.58. The number of hydrogen-bond donors (Lipinski definition) is 1. The normalized spacial score (nSPS) is 26.2. The highest BCUT2D eigenvalue weighted by atomic mass is 19.4. The molecule has 3 unspecified atom stereocenters. The van der Waals surface area contributed by atoms with Crippen LogP contribution in [0.25, 0.3) is 11.0 Å². The number of aromatic nitrogens is 2. The monoisotopic (exact) mass is 390 g/mol. The molecule has 1 saturated carbocycles. The molecule has 1 aliphatic heterocycles. The predicted molar refractivity (Wildman–Crippen MR) is 101 cm³/mol. The van der Waals surface area contributed by atoms with E-state index in [2.05, 4.69) is 23.3 Å². The minimum atomic E-state index is -4.40. The molecule has 3 atom stereocenters. The second-order valence-corrected chi connectivity index (χ2v) is 8.35. The number of halogens is 3. The number of alkyl halides is 3. The summed E-state index contributed by atoms with van der Waals surface area (Å²) >= 11 is 0. The number of aryl methyl sites for hydroxylation is 1. The Morgan fingerprint density at radius 1 is 1.29 bits per heavy atom. The number of benzene rings is 1. The van der Waals surface area contributed by atoms with Crippen molar-refractivity contribution in [3.63, 3.8) is 0 Å². The Morgan fingerprint density at radius 2 is 2.07 bits per heavy atom. The fraction of sp³-hybridized carbons (Fsp3) is 0.619. The van der Waals surface area contributed by atoms with Gasteiger partial charge < -0.3 is 9.88 Å². The Balaban J connectivity index is 1.59. The van der Waals surface area contributed by atoms with Crippen LogP contribution in [-0.2, 0) is 12.6 Å². The fourth-order valence-corrected chi connectivity index (χ4v) is 4.58. The molecule has 0 spiro atoms. The lowest BCUT2D eigenvalue weighted by Gasteiger charge is -2.32. The zero-order valence-corrected chi connectivity index (χ0v) is 16.0. The summed E-state index contributed by atoms with van der Waals surface area (Å²) in [6, 6.07) is 5.99. The average Bonchev–Trinajstić information content (AvgIpc) is 3.00. The van der Waals surface area contributed by atoms with Gasteiger partial charge in [0.05, 0.1) is 29.0 Å². The van der Waals surface area contributed by atoms with Gasteiger partial charge in [0.25, 0.3) is 0 Å². The van der Waals surface area contributed by atoms with E-state index in [1.807, 2.05) is 0 Å². The van der Waals surface area contributed by atoms with E-state index >= 15 is 0 Å². The second kappa shape index (κ2) is 7.40. The van der Waals surface area contributed by atoms with Gasteiger partial charge in [-0.2, -0.15) is 18.4 Å². The molecule has 0 bridgehead atoms. The molecule has 0 radical (unpaired) electrons. The van der Waals surface area contributed by atoms with Gasteiger partial charge in [0.15, 0.2) is 0 Å². The zero-order chi connectivity index (χ0) is 19.9. The first-order valence-corrected chi connectivity index (χ1v) is 10.1. The minimum absolute atomic E-state index is 0.0210. The van der Waals surface area contributed by atoms with E-state index in [4.69, 9.17) is 0 Å². The summed E-state index contributed by atoms with van der Waals surface area (Å²) in [5.41, 5.74) is 0.725. The lowest BCUT2D eigenvalue weighted by atomic mass is 9.87. The summed E-state index contributed by atoms with van der Waals surface area (Å²) in [5, 5.41) is 12.7. The van der Waals surface area contributed by atoms with Crippen LogP contribution in [0.2, 0.25) is 0 Å². The summed E-state index contributed by atoms with van der Waals surface area (Å²) in [7, 11) is 0. The summed E-state index contributed by atoms with van der Waals surface area (Å²) in [6.07, 6.45) is 2.88. The largest absolute Gasteiger partial charge is 0.418 e. The summed E-state index contributed by atoms with van der Waals surface area (Å²) in [5.74, 6) is 0.0210. The number of imidazole rings is 1. The molecule has 1 aromatic heterocycles. The van der Waals surface area contributed by atoms with Crippen LogP contribution < -0.4 is 5.32 Å². The van der Waals surface area contributed by atoms with Crippen LogP contribution in [-0.4, -0.2) is 21.6 Å². The average molecular weight is 390 g/mol. The first-order valence-electron chi connectivity index (χ1n) is 10.1. The van der Waals surface area contributed by atoms with Crippen LogP contribution in [0.1, 0.15) is 62.6 Å². The Bertz CT molecular complexity index is 891. The van der Waals surface area contributed by atoms with Crippen molar-refractivity contribution in [3.8, 4) is 6.07 Å². The van der Waals surface area contributed by atoms with Crippen molar-refractivity contribution < 1.29 is 13.2 Å². The molecule has 4 nitrogen and oxygen atoms in total. The summed E-state index contributed by atoms with van der Waals surface area (Å²) in [6.45, 7) is 2.05. The van der Waals surface area contributed by atoms with E-state index in [1.54, 1.807) is 17.0 Å². The van der Waals surface area contributed by atoms with E-state index in [1.165, 1.54) is 6.07 Å². The molecule has 1 N–H and O–H groups in total. The second-order valence-electron chi connectivity index (χ2n) is 8.35. The maximum absolute atomic E-state index is 13.8. The van der Waals surface area contributed by atoms with Crippen molar-refractivity contribution in [3.05, 3.63) is 29.6 Å². The number of nitriles is 1. The van der Waals surface area contributed by atoms with E-state index in [9.17, 15) is 18.4 Å². The maximum atomic E-state index is 13.8.